The second-order valence-electron chi connectivity index (χ2n) is 4.65. The molecule has 2 rings (SSSR count). The van der Waals surface area contributed by atoms with E-state index in [9.17, 15) is 4.79 Å². The van der Waals surface area contributed by atoms with Gasteiger partial charge in [0.05, 0.1) is 13.2 Å². The number of anilines is 1. The molecule has 24 heavy (non-hydrogen) atoms. The van der Waals surface area contributed by atoms with E-state index in [1.807, 2.05) is 13.8 Å². The van der Waals surface area contributed by atoms with E-state index >= 15 is 0 Å². The molecule has 0 amide bonds. The minimum atomic E-state index is -0.505. The molecular formula is C16H21N5O3. The van der Waals surface area contributed by atoms with E-state index in [0.29, 0.717) is 42.6 Å². The SMILES string of the molecule is C=CCNNc1nc(-c2ccc(OCC)c(OCC)c2)[nH]c(=O)n1. The van der Waals surface area contributed by atoms with Gasteiger partial charge in [0, 0.05) is 12.1 Å². The van der Waals surface area contributed by atoms with Crippen molar-refractivity contribution < 1.29 is 9.47 Å². The number of rotatable bonds is 9. The van der Waals surface area contributed by atoms with E-state index < -0.39 is 5.69 Å². The number of benzene rings is 1. The number of aromatic amines is 1. The second-order valence-corrected chi connectivity index (χ2v) is 4.65. The van der Waals surface area contributed by atoms with Crippen LogP contribution >= 0.6 is 0 Å². The molecule has 0 aliphatic heterocycles. The van der Waals surface area contributed by atoms with Crippen molar-refractivity contribution in [3.05, 3.63) is 41.3 Å². The maximum Gasteiger partial charge on any atom is 0.349 e. The largest absolute Gasteiger partial charge is 0.490 e. The molecule has 0 bridgehead atoms. The fourth-order valence-electron chi connectivity index (χ4n) is 1.98. The highest BCUT2D eigenvalue weighted by Gasteiger charge is 2.10. The lowest BCUT2D eigenvalue weighted by molar-refractivity contribution is 0.288. The number of aromatic nitrogens is 3. The monoisotopic (exact) mass is 331 g/mol. The van der Waals surface area contributed by atoms with Gasteiger partial charge in [0.25, 0.3) is 0 Å². The normalized spacial score (nSPS) is 10.2. The third-order valence-corrected chi connectivity index (χ3v) is 2.91. The molecule has 8 heteroatoms. The third-order valence-electron chi connectivity index (χ3n) is 2.91. The quantitative estimate of drug-likeness (QED) is 0.365. The summed E-state index contributed by atoms with van der Waals surface area (Å²) in [5, 5.41) is 0. The predicted molar refractivity (Wildman–Crippen MR) is 92.2 cm³/mol. The van der Waals surface area contributed by atoms with Crippen LogP contribution in [0, 0.1) is 0 Å². The minimum Gasteiger partial charge on any atom is -0.490 e. The summed E-state index contributed by atoms with van der Waals surface area (Å²) in [5.74, 6) is 1.78. The van der Waals surface area contributed by atoms with Gasteiger partial charge in [0.1, 0.15) is 5.82 Å². The van der Waals surface area contributed by atoms with Crippen molar-refractivity contribution in [2.75, 3.05) is 25.2 Å². The lowest BCUT2D eigenvalue weighted by atomic mass is 10.2. The summed E-state index contributed by atoms with van der Waals surface area (Å²) in [6, 6.07) is 5.35. The van der Waals surface area contributed by atoms with Crippen molar-refractivity contribution in [2.24, 2.45) is 0 Å². The number of H-pyrrole nitrogens is 1. The predicted octanol–water partition coefficient (Wildman–Crippen LogP) is 1.73. The number of hydrazine groups is 1. The first kappa shape index (κ1) is 17.5. The van der Waals surface area contributed by atoms with Gasteiger partial charge in [0.15, 0.2) is 11.5 Å². The smallest absolute Gasteiger partial charge is 0.349 e. The Labute approximate surface area is 139 Å². The summed E-state index contributed by atoms with van der Waals surface area (Å²) < 4.78 is 11.1. The summed E-state index contributed by atoms with van der Waals surface area (Å²) in [6.45, 7) is 8.92. The zero-order valence-electron chi connectivity index (χ0n) is 13.8. The van der Waals surface area contributed by atoms with Crippen molar-refractivity contribution >= 4 is 5.95 Å². The molecular weight excluding hydrogens is 310 g/mol. The number of nitrogens with zero attached hydrogens (tertiary/aromatic N) is 2. The van der Waals surface area contributed by atoms with Crippen LogP contribution in [0.15, 0.2) is 35.6 Å². The number of nitrogens with one attached hydrogen (secondary N) is 3. The Balaban J connectivity index is 2.34. The number of ether oxygens (including phenoxy) is 2. The summed E-state index contributed by atoms with van der Waals surface area (Å²) in [5.41, 5.74) is 5.76. The second kappa shape index (κ2) is 8.68. The van der Waals surface area contributed by atoms with Gasteiger partial charge in [0.2, 0.25) is 5.95 Å². The molecule has 1 heterocycles. The van der Waals surface area contributed by atoms with Gasteiger partial charge in [-0.05, 0) is 32.0 Å². The van der Waals surface area contributed by atoms with E-state index in [1.54, 1.807) is 24.3 Å². The Morgan fingerprint density at radius 3 is 2.67 bits per heavy atom. The molecule has 2 aromatic rings. The van der Waals surface area contributed by atoms with Crippen LogP contribution in [0.25, 0.3) is 11.4 Å². The van der Waals surface area contributed by atoms with E-state index in [2.05, 4.69) is 32.4 Å². The topological polar surface area (TPSA) is 101 Å². The Hall–Kier alpha value is -2.87. The average molecular weight is 331 g/mol. The van der Waals surface area contributed by atoms with Gasteiger partial charge >= 0.3 is 5.69 Å². The van der Waals surface area contributed by atoms with Crippen LogP contribution in [0.5, 0.6) is 11.5 Å². The standard InChI is InChI=1S/C16H21N5O3/c1-4-9-17-21-15-18-14(19-16(22)20-15)11-7-8-12(23-5-2)13(10-11)24-6-3/h4,7-8,10,17H,1,5-6,9H2,2-3H3,(H2,18,19,20,21,22). The highest BCUT2D eigenvalue weighted by molar-refractivity contribution is 5.61. The van der Waals surface area contributed by atoms with E-state index in [4.69, 9.17) is 9.47 Å². The zero-order chi connectivity index (χ0) is 17.4. The Kier molecular flexibility index (Phi) is 6.32. The minimum absolute atomic E-state index is 0.169. The first-order valence-corrected chi connectivity index (χ1v) is 7.66. The van der Waals surface area contributed by atoms with Gasteiger partial charge in [-0.3, -0.25) is 10.4 Å². The molecule has 3 N–H and O–H groups in total. The lowest BCUT2D eigenvalue weighted by Crippen LogP contribution is -2.26. The van der Waals surface area contributed by atoms with Crippen molar-refractivity contribution in [1.82, 2.24) is 20.4 Å². The van der Waals surface area contributed by atoms with Crippen molar-refractivity contribution in [3.63, 3.8) is 0 Å². The molecule has 128 valence electrons. The van der Waals surface area contributed by atoms with Crippen molar-refractivity contribution in [3.8, 4) is 22.9 Å². The van der Waals surface area contributed by atoms with E-state index in [1.165, 1.54) is 0 Å². The van der Waals surface area contributed by atoms with Crippen LogP contribution in [0.1, 0.15) is 13.8 Å². The van der Waals surface area contributed by atoms with E-state index in [0.717, 1.165) is 0 Å². The van der Waals surface area contributed by atoms with Crippen molar-refractivity contribution in [2.45, 2.75) is 13.8 Å². The summed E-state index contributed by atoms with van der Waals surface area (Å²) in [6.07, 6.45) is 1.67. The van der Waals surface area contributed by atoms with Gasteiger partial charge in [-0.2, -0.15) is 9.97 Å². The highest BCUT2D eigenvalue weighted by atomic mass is 16.5. The number of hydrogen-bond donors (Lipinski definition) is 3. The van der Waals surface area contributed by atoms with E-state index in [-0.39, 0.29) is 5.95 Å². The highest BCUT2D eigenvalue weighted by Crippen LogP contribution is 2.31. The Morgan fingerprint density at radius 2 is 1.96 bits per heavy atom. The maximum atomic E-state index is 11.7. The first-order valence-electron chi connectivity index (χ1n) is 7.66. The molecule has 1 aromatic heterocycles. The van der Waals surface area contributed by atoms with Gasteiger partial charge < -0.3 is 9.47 Å². The Morgan fingerprint density at radius 1 is 1.21 bits per heavy atom. The summed E-state index contributed by atoms with van der Waals surface area (Å²) in [7, 11) is 0. The van der Waals surface area contributed by atoms with Gasteiger partial charge in [-0.15, -0.1) is 6.58 Å². The van der Waals surface area contributed by atoms with Crippen molar-refractivity contribution in [1.29, 1.82) is 0 Å². The molecule has 0 saturated heterocycles. The average Bonchev–Trinajstić information content (AvgIpc) is 2.56. The van der Waals surface area contributed by atoms with Crippen LogP contribution in [0.4, 0.5) is 5.95 Å². The molecule has 1 aromatic carbocycles. The molecule has 0 aliphatic rings. The van der Waals surface area contributed by atoms with Crippen LogP contribution in [0.3, 0.4) is 0 Å². The first-order chi connectivity index (χ1) is 11.7. The zero-order valence-corrected chi connectivity index (χ0v) is 13.8. The van der Waals surface area contributed by atoms with Crippen LogP contribution < -0.4 is 26.0 Å². The van der Waals surface area contributed by atoms with Crippen LogP contribution in [-0.2, 0) is 0 Å². The molecule has 0 fully saturated rings. The summed E-state index contributed by atoms with van der Waals surface area (Å²) >= 11 is 0. The van der Waals surface area contributed by atoms with Gasteiger partial charge in [-0.25, -0.2) is 10.2 Å². The molecule has 8 nitrogen and oxygen atoms in total. The molecule has 0 unspecified atom stereocenters. The molecule has 0 radical (unpaired) electrons. The molecule has 0 spiro atoms. The number of hydrogen-bond acceptors (Lipinski definition) is 7. The van der Waals surface area contributed by atoms with Crippen LogP contribution in [-0.4, -0.2) is 34.7 Å². The Bertz CT molecular complexity index is 745. The fourth-order valence-corrected chi connectivity index (χ4v) is 1.98. The summed E-state index contributed by atoms with van der Waals surface area (Å²) in [4.78, 5) is 22.4. The van der Waals surface area contributed by atoms with Gasteiger partial charge in [-0.1, -0.05) is 6.08 Å². The fraction of sp³-hybridized carbons (Fsp3) is 0.312. The molecule has 0 saturated carbocycles. The van der Waals surface area contributed by atoms with Crippen LogP contribution in [0.2, 0.25) is 0 Å². The molecule has 0 atom stereocenters. The molecule has 0 aliphatic carbocycles. The third kappa shape index (κ3) is 4.56. The maximum absolute atomic E-state index is 11.7. The lowest BCUT2D eigenvalue weighted by Gasteiger charge is -2.12.